The highest BCUT2D eigenvalue weighted by molar-refractivity contribution is 5.16. The second-order valence-electron chi connectivity index (χ2n) is 7.34. The van der Waals surface area contributed by atoms with Crippen molar-refractivity contribution in [1.29, 1.82) is 0 Å². The Hall–Kier alpha value is -0.860. The molecule has 0 amide bonds. The van der Waals surface area contributed by atoms with Crippen LogP contribution in [0.25, 0.3) is 0 Å². The van der Waals surface area contributed by atoms with Gasteiger partial charge in [0.15, 0.2) is 0 Å². The van der Waals surface area contributed by atoms with Gasteiger partial charge in [-0.25, -0.2) is 0 Å². The summed E-state index contributed by atoms with van der Waals surface area (Å²) in [6.07, 6.45) is 3.87. The number of nitrogens with zero attached hydrogens (tertiary/aromatic N) is 1. The summed E-state index contributed by atoms with van der Waals surface area (Å²) in [6, 6.07) is 11.5. The Morgan fingerprint density at radius 2 is 2.00 bits per heavy atom. The standard InChI is InChI=1S/C18H28N2/c1-18(2)12-16(18)13-20-10-6-9-19-17(14-20)11-15-7-4-3-5-8-15/h3-5,7-8,16-17,19H,6,9-14H2,1-2H3. The summed E-state index contributed by atoms with van der Waals surface area (Å²) in [5.41, 5.74) is 2.06. The van der Waals surface area contributed by atoms with Crippen LogP contribution in [0.3, 0.4) is 0 Å². The minimum absolute atomic E-state index is 0.606. The van der Waals surface area contributed by atoms with E-state index in [-0.39, 0.29) is 0 Å². The molecule has 0 aromatic heterocycles. The molecule has 1 saturated heterocycles. The molecule has 110 valence electrons. The fraction of sp³-hybridized carbons (Fsp3) is 0.667. The predicted molar refractivity (Wildman–Crippen MR) is 84.9 cm³/mol. The molecule has 2 fully saturated rings. The van der Waals surface area contributed by atoms with Crippen molar-refractivity contribution in [3.05, 3.63) is 35.9 Å². The van der Waals surface area contributed by atoms with E-state index in [4.69, 9.17) is 0 Å². The minimum Gasteiger partial charge on any atom is -0.312 e. The van der Waals surface area contributed by atoms with Gasteiger partial charge in [0.2, 0.25) is 0 Å². The average Bonchev–Trinajstić information content (AvgIpc) is 3.08. The highest BCUT2D eigenvalue weighted by atomic mass is 15.2. The van der Waals surface area contributed by atoms with Crippen LogP contribution in [0, 0.1) is 11.3 Å². The molecule has 2 aliphatic rings. The van der Waals surface area contributed by atoms with Gasteiger partial charge >= 0.3 is 0 Å². The largest absolute Gasteiger partial charge is 0.312 e. The van der Waals surface area contributed by atoms with E-state index in [0.717, 1.165) is 12.3 Å². The zero-order valence-electron chi connectivity index (χ0n) is 12.9. The predicted octanol–water partition coefficient (Wildman–Crippen LogP) is 2.94. The molecule has 20 heavy (non-hydrogen) atoms. The van der Waals surface area contributed by atoms with Crippen LogP contribution in [0.15, 0.2) is 30.3 Å². The second kappa shape index (κ2) is 5.87. The topological polar surface area (TPSA) is 15.3 Å². The first-order chi connectivity index (χ1) is 9.63. The van der Waals surface area contributed by atoms with Crippen molar-refractivity contribution in [1.82, 2.24) is 10.2 Å². The van der Waals surface area contributed by atoms with Gasteiger partial charge in [0, 0.05) is 19.1 Å². The summed E-state index contributed by atoms with van der Waals surface area (Å²) in [7, 11) is 0. The van der Waals surface area contributed by atoms with Gasteiger partial charge in [0.1, 0.15) is 0 Å². The van der Waals surface area contributed by atoms with E-state index in [1.807, 2.05) is 0 Å². The fourth-order valence-corrected chi connectivity index (χ4v) is 3.48. The maximum Gasteiger partial charge on any atom is 0.0235 e. The van der Waals surface area contributed by atoms with Gasteiger partial charge in [-0.2, -0.15) is 0 Å². The van der Waals surface area contributed by atoms with Gasteiger partial charge < -0.3 is 10.2 Å². The molecule has 2 heteroatoms. The Kier molecular flexibility index (Phi) is 4.13. The molecule has 1 heterocycles. The van der Waals surface area contributed by atoms with E-state index in [2.05, 4.69) is 54.4 Å². The van der Waals surface area contributed by atoms with Crippen LogP contribution in [-0.4, -0.2) is 37.1 Å². The van der Waals surface area contributed by atoms with E-state index < -0.39 is 0 Å². The Morgan fingerprint density at radius 3 is 2.70 bits per heavy atom. The van der Waals surface area contributed by atoms with Gasteiger partial charge in [-0.3, -0.25) is 0 Å². The quantitative estimate of drug-likeness (QED) is 0.906. The first-order valence-electron chi connectivity index (χ1n) is 8.13. The Labute approximate surface area is 123 Å². The van der Waals surface area contributed by atoms with Crippen LogP contribution in [0.2, 0.25) is 0 Å². The van der Waals surface area contributed by atoms with Crippen LogP contribution in [-0.2, 0) is 6.42 Å². The van der Waals surface area contributed by atoms with Crippen LogP contribution in [0.4, 0.5) is 0 Å². The number of hydrogen-bond donors (Lipinski definition) is 1. The van der Waals surface area contributed by atoms with Crippen molar-refractivity contribution in [3.8, 4) is 0 Å². The van der Waals surface area contributed by atoms with Crippen molar-refractivity contribution in [2.75, 3.05) is 26.2 Å². The van der Waals surface area contributed by atoms with Crippen molar-refractivity contribution in [3.63, 3.8) is 0 Å². The summed E-state index contributed by atoms with van der Waals surface area (Å²) in [5.74, 6) is 0.929. The van der Waals surface area contributed by atoms with Gasteiger partial charge in [-0.05, 0) is 49.2 Å². The summed E-state index contributed by atoms with van der Waals surface area (Å²) in [4.78, 5) is 2.70. The monoisotopic (exact) mass is 272 g/mol. The molecular weight excluding hydrogens is 244 g/mol. The number of benzene rings is 1. The lowest BCUT2D eigenvalue weighted by atomic mass is 10.1. The fourth-order valence-electron chi connectivity index (χ4n) is 3.48. The molecule has 1 saturated carbocycles. The molecule has 1 N–H and O–H groups in total. The average molecular weight is 272 g/mol. The van der Waals surface area contributed by atoms with Crippen molar-refractivity contribution in [2.45, 2.75) is 39.2 Å². The summed E-state index contributed by atoms with van der Waals surface area (Å²) >= 11 is 0. The molecule has 2 unspecified atom stereocenters. The van der Waals surface area contributed by atoms with Gasteiger partial charge in [-0.15, -0.1) is 0 Å². The Balaban J connectivity index is 1.55. The number of hydrogen-bond acceptors (Lipinski definition) is 2. The van der Waals surface area contributed by atoms with Gasteiger partial charge in [-0.1, -0.05) is 44.2 Å². The third-order valence-electron chi connectivity index (χ3n) is 5.08. The summed E-state index contributed by atoms with van der Waals surface area (Å²) in [6.45, 7) is 9.78. The van der Waals surface area contributed by atoms with E-state index in [1.165, 1.54) is 44.6 Å². The zero-order valence-corrected chi connectivity index (χ0v) is 12.9. The lowest BCUT2D eigenvalue weighted by Crippen LogP contribution is -2.40. The molecular formula is C18H28N2. The normalized spacial score (nSPS) is 29.9. The molecule has 0 radical (unpaired) electrons. The summed E-state index contributed by atoms with van der Waals surface area (Å²) in [5, 5.41) is 3.73. The number of nitrogens with one attached hydrogen (secondary N) is 1. The molecule has 0 spiro atoms. The lowest BCUT2D eigenvalue weighted by Gasteiger charge is -2.25. The maximum absolute atomic E-state index is 3.73. The van der Waals surface area contributed by atoms with Crippen LogP contribution in [0.1, 0.15) is 32.3 Å². The second-order valence-corrected chi connectivity index (χ2v) is 7.34. The smallest absolute Gasteiger partial charge is 0.0235 e. The number of rotatable bonds is 4. The van der Waals surface area contributed by atoms with E-state index in [1.54, 1.807) is 0 Å². The molecule has 0 bridgehead atoms. The molecule has 1 aliphatic heterocycles. The molecule has 3 rings (SSSR count). The third kappa shape index (κ3) is 3.62. The first-order valence-corrected chi connectivity index (χ1v) is 8.13. The molecule has 1 aromatic rings. The van der Waals surface area contributed by atoms with Crippen LogP contribution >= 0.6 is 0 Å². The third-order valence-corrected chi connectivity index (χ3v) is 5.08. The van der Waals surface area contributed by atoms with E-state index >= 15 is 0 Å². The lowest BCUT2D eigenvalue weighted by molar-refractivity contribution is 0.245. The summed E-state index contributed by atoms with van der Waals surface area (Å²) < 4.78 is 0. The van der Waals surface area contributed by atoms with Crippen molar-refractivity contribution in [2.24, 2.45) is 11.3 Å². The Morgan fingerprint density at radius 1 is 1.25 bits per heavy atom. The molecule has 1 aromatic carbocycles. The Bertz CT molecular complexity index is 426. The van der Waals surface area contributed by atoms with Gasteiger partial charge in [0.05, 0.1) is 0 Å². The van der Waals surface area contributed by atoms with E-state index in [0.29, 0.717) is 11.5 Å². The minimum atomic E-state index is 0.606. The van der Waals surface area contributed by atoms with E-state index in [9.17, 15) is 0 Å². The maximum atomic E-state index is 3.73. The molecule has 2 nitrogen and oxygen atoms in total. The first kappa shape index (κ1) is 14.1. The van der Waals surface area contributed by atoms with Crippen molar-refractivity contribution >= 4 is 0 Å². The zero-order chi connectivity index (χ0) is 14.0. The van der Waals surface area contributed by atoms with Crippen molar-refractivity contribution < 1.29 is 0 Å². The molecule has 1 aliphatic carbocycles. The van der Waals surface area contributed by atoms with Crippen LogP contribution in [0.5, 0.6) is 0 Å². The highest BCUT2D eigenvalue weighted by Crippen LogP contribution is 2.51. The molecule has 2 atom stereocenters. The van der Waals surface area contributed by atoms with Gasteiger partial charge in [0.25, 0.3) is 0 Å². The SMILES string of the molecule is CC1(C)CC1CN1CCCNC(Cc2ccccc2)C1. The highest BCUT2D eigenvalue weighted by Gasteiger charge is 2.46. The van der Waals surface area contributed by atoms with Crippen LogP contribution < -0.4 is 5.32 Å².